The highest BCUT2D eigenvalue weighted by atomic mass is 19.1. The Balaban J connectivity index is 2.00. The van der Waals surface area contributed by atoms with Gasteiger partial charge in [0.05, 0.1) is 17.4 Å². The summed E-state index contributed by atoms with van der Waals surface area (Å²) >= 11 is 0. The smallest absolute Gasteiger partial charge is 0.306 e. The average molecular weight is 295 g/mol. The zero-order chi connectivity index (χ0) is 15.7. The second-order valence-corrected chi connectivity index (χ2v) is 5.84. The summed E-state index contributed by atoms with van der Waals surface area (Å²) in [5.41, 5.74) is -1.44. The number of amides is 1. The quantitative estimate of drug-likeness (QED) is 0.736. The van der Waals surface area contributed by atoms with Crippen molar-refractivity contribution in [3.05, 3.63) is 35.6 Å². The van der Waals surface area contributed by atoms with Crippen LogP contribution in [0.25, 0.3) is 0 Å². The van der Waals surface area contributed by atoms with E-state index in [1.807, 2.05) is 0 Å². The minimum atomic E-state index is -1.50. The van der Waals surface area contributed by atoms with Crippen LogP contribution in [0.4, 0.5) is 4.39 Å². The molecular weight excluding hydrogens is 277 g/mol. The van der Waals surface area contributed by atoms with Crippen LogP contribution in [0.5, 0.6) is 0 Å². The van der Waals surface area contributed by atoms with Crippen molar-refractivity contribution >= 4 is 11.9 Å². The van der Waals surface area contributed by atoms with Gasteiger partial charge in [-0.1, -0.05) is 12.1 Å². The molecule has 1 amide bonds. The number of aliphatic hydroxyl groups is 1. The van der Waals surface area contributed by atoms with Crippen LogP contribution in [0.15, 0.2) is 24.3 Å². The predicted molar refractivity (Wildman–Crippen MR) is 73.2 cm³/mol. The number of carboxylic acids is 1. The Labute approximate surface area is 121 Å². The maximum Gasteiger partial charge on any atom is 0.306 e. The Bertz CT molecular complexity index is 549. The number of carboxylic acid groups (broad SMARTS) is 1. The van der Waals surface area contributed by atoms with Gasteiger partial charge in [-0.25, -0.2) is 4.39 Å². The Hall–Kier alpha value is -1.95. The lowest BCUT2D eigenvalue weighted by Crippen LogP contribution is -2.45. The number of carbonyl (C=O) groups is 2. The molecule has 0 saturated heterocycles. The fraction of sp³-hybridized carbons (Fsp3) is 0.467. The fourth-order valence-corrected chi connectivity index (χ4v) is 2.37. The van der Waals surface area contributed by atoms with E-state index >= 15 is 0 Å². The lowest BCUT2D eigenvalue weighted by atomic mass is 9.94. The van der Waals surface area contributed by atoms with Crippen molar-refractivity contribution in [2.75, 3.05) is 6.54 Å². The molecule has 1 aliphatic carbocycles. The van der Waals surface area contributed by atoms with Gasteiger partial charge in [0.15, 0.2) is 0 Å². The molecule has 6 heteroatoms. The van der Waals surface area contributed by atoms with E-state index in [0.29, 0.717) is 12.8 Å². The molecule has 21 heavy (non-hydrogen) atoms. The van der Waals surface area contributed by atoms with Gasteiger partial charge in [-0.2, -0.15) is 0 Å². The van der Waals surface area contributed by atoms with E-state index < -0.39 is 23.4 Å². The summed E-state index contributed by atoms with van der Waals surface area (Å²) in [6, 6.07) is 5.78. The van der Waals surface area contributed by atoms with Crippen molar-refractivity contribution in [2.45, 2.75) is 37.2 Å². The fourth-order valence-electron chi connectivity index (χ4n) is 2.37. The molecule has 0 bridgehead atoms. The van der Waals surface area contributed by atoms with Gasteiger partial charge in [-0.3, -0.25) is 9.59 Å². The van der Waals surface area contributed by atoms with Gasteiger partial charge >= 0.3 is 5.97 Å². The van der Waals surface area contributed by atoms with Crippen LogP contribution in [-0.2, 0) is 15.0 Å². The molecular formula is C15H18FNO4. The topological polar surface area (TPSA) is 86.6 Å². The Kier molecular flexibility index (Phi) is 4.00. The zero-order valence-corrected chi connectivity index (χ0v) is 11.7. The molecule has 0 spiro atoms. The van der Waals surface area contributed by atoms with Crippen molar-refractivity contribution in [1.29, 1.82) is 0 Å². The monoisotopic (exact) mass is 295 g/mol. The molecule has 1 fully saturated rings. The maximum absolute atomic E-state index is 12.9. The van der Waals surface area contributed by atoms with Crippen LogP contribution in [0.1, 0.15) is 31.7 Å². The highest BCUT2D eigenvalue weighted by Crippen LogP contribution is 2.48. The number of aliphatic carboxylic acids is 1. The molecule has 2 rings (SSSR count). The second-order valence-electron chi connectivity index (χ2n) is 5.84. The predicted octanol–water partition coefficient (Wildman–Crippen LogP) is 1.20. The molecule has 1 atom stereocenters. The molecule has 0 aromatic heterocycles. The van der Waals surface area contributed by atoms with E-state index in [0.717, 1.165) is 5.56 Å². The normalized spacial score (nSPS) is 18.6. The summed E-state index contributed by atoms with van der Waals surface area (Å²) in [5.74, 6) is -1.76. The summed E-state index contributed by atoms with van der Waals surface area (Å²) < 4.78 is 12.9. The van der Waals surface area contributed by atoms with Crippen LogP contribution in [-0.4, -0.2) is 34.2 Å². The molecule has 1 saturated carbocycles. The highest BCUT2D eigenvalue weighted by Gasteiger charge is 2.51. The van der Waals surface area contributed by atoms with Crippen LogP contribution in [0.3, 0.4) is 0 Å². The molecule has 0 heterocycles. The summed E-state index contributed by atoms with van der Waals surface area (Å²) in [4.78, 5) is 22.9. The lowest BCUT2D eigenvalue weighted by Gasteiger charge is -2.23. The van der Waals surface area contributed by atoms with E-state index in [9.17, 15) is 19.1 Å². The first-order valence-electron chi connectivity index (χ1n) is 6.74. The Morgan fingerprint density at radius 2 is 1.90 bits per heavy atom. The van der Waals surface area contributed by atoms with E-state index in [1.165, 1.54) is 19.1 Å². The van der Waals surface area contributed by atoms with Gasteiger partial charge < -0.3 is 15.5 Å². The van der Waals surface area contributed by atoms with Gasteiger partial charge in [0, 0.05) is 6.54 Å². The highest BCUT2D eigenvalue weighted by molar-refractivity contribution is 5.91. The number of nitrogens with one attached hydrogen (secondary N) is 1. The third kappa shape index (κ3) is 3.58. The van der Waals surface area contributed by atoms with E-state index in [1.54, 1.807) is 12.1 Å². The van der Waals surface area contributed by atoms with Gasteiger partial charge in [0.25, 0.3) is 0 Å². The summed E-state index contributed by atoms with van der Waals surface area (Å²) in [5, 5.41) is 21.2. The largest absolute Gasteiger partial charge is 0.481 e. The SMILES string of the molecule is CC(O)(CNC(=O)C1(c2ccc(F)cc2)CC1)CC(=O)O. The van der Waals surface area contributed by atoms with Crippen LogP contribution in [0, 0.1) is 5.82 Å². The van der Waals surface area contributed by atoms with E-state index in [4.69, 9.17) is 5.11 Å². The van der Waals surface area contributed by atoms with Crippen LogP contribution >= 0.6 is 0 Å². The third-order valence-corrected chi connectivity index (χ3v) is 3.74. The number of carbonyl (C=O) groups excluding carboxylic acids is 1. The minimum Gasteiger partial charge on any atom is -0.481 e. The molecule has 3 N–H and O–H groups in total. The van der Waals surface area contributed by atoms with Gasteiger partial charge in [0.2, 0.25) is 5.91 Å². The number of benzene rings is 1. The number of hydrogen-bond acceptors (Lipinski definition) is 3. The first kappa shape index (κ1) is 15.4. The Morgan fingerprint density at radius 3 is 2.38 bits per heavy atom. The van der Waals surface area contributed by atoms with Gasteiger partial charge in [-0.05, 0) is 37.5 Å². The van der Waals surface area contributed by atoms with E-state index in [2.05, 4.69) is 5.32 Å². The number of rotatable bonds is 6. The molecule has 1 aromatic carbocycles. The third-order valence-electron chi connectivity index (χ3n) is 3.74. The van der Waals surface area contributed by atoms with Gasteiger partial charge in [0.1, 0.15) is 5.82 Å². The molecule has 114 valence electrons. The molecule has 5 nitrogen and oxygen atoms in total. The van der Waals surface area contributed by atoms with Crippen molar-refractivity contribution in [3.63, 3.8) is 0 Å². The average Bonchev–Trinajstić information content (AvgIpc) is 3.17. The minimum absolute atomic E-state index is 0.138. The van der Waals surface area contributed by atoms with Crippen LogP contribution in [0.2, 0.25) is 0 Å². The molecule has 1 aliphatic rings. The number of halogens is 1. The van der Waals surface area contributed by atoms with Crippen LogP contribution < -0.4 is 5.32 Å². The van der Waals surface area contributed by atoms with Crippen molar-refractivity contribution in [2.24, 2.45) is 0 Å². The first-order valence-corrected chi connectivity index (χ1v) is 6.74. The lowest BCUT2D eigenvalue weighted by molar-refractivity contribution is -0.142. The molecule has 1 aromatic rings. The standard InChI is InChI=1S/C15H18FNO4/c1-14(21,8-12(18)19)9-17-13(20)15(6-7-15)10-2-4-11(16)5-3-10/h2-5,21H,6-9H2,1H3,(H,17,20)(H,18,19). The second kappa shape index (κ2) is 5.44. The van der Waals surface area contributed by atoms with E-state index in [-0.39, 0.29) is 18.3 Å². The van der Waals surface area contributed by atoms with Gasteiger partial charge in [-0.15, -0.1) is 0 Å². The zero-order valence-electron chi connectivity index (χ0n) is 11.7. The summed E-state index contributed by atoms with van der Waals surface area (Å²) in [7, 11) is 0. The van der Waals surface area contributed by atoms with Crippen molar-refractivity contribution < 1.29 is 24.2 Å². The summed E-state index contributed by atoms with van der Waals surface area (Å²) in [6.07, 6.45) is 0.869. The number of hydrogen-bond donors (Lipinski definition) is 3. The molecule has 0 aliphatic heterocycles. The van der Waals surface area contributed by atoms with Crippen molar-refractivity contribution in [1.82, 2.24) is 5.32 Å². The first-order chi connectivity index (χ1) is 9.75. The summed E-state index contributed by atoms with van der Waals surface area (Å²) in [6.45, 7) is 1.22. The van der Waals surface area contributed by atoms with Crippen molar-refractivity contribution in [3.8, 4) is 0 Å². The maximum atomic E-state index is 12.9. The molecule has 0 radical (unpaired) electrons. The molecule has 1 unspecified atom stereocenters. The Morgan fingerprint density at radius 1 is 1.33 bits per heavy atom.